The molecule has 0 radical (unpaired) electrons. The summed E-state index contributed by atoms with van der Waals surface area (Å²) >= 11 is 2.05. The van der Waals surface area contributed by atoms with Crippen LogP contribution in [0, 0.1) is 0 Å². The van der Waals surface area contributed by atoms with E-state index in [1.807, 2.05) is 11.8 Å². The number of nitrogens with zero attached hydrogens (tertiary/aromatic N) is 1. The predicted molar refractivity (Wildman–Crippen MR) is 68.5 cm³/mol. The minimum absolute atomic E-state index is 0.631. The van der Waals surface area contributed by atoms with Gasteiger partial charge in [0.1, 0.15) is 0 Å². The Balaban J connectivity index is 2.13. The van der Waals surface area contributed by atoms with E-state index < -0.39 is 0 Å². The lowest BCUT2D eigenvalue weighted by molar-refractivity contribution is 0.700. The minimum Gasteiger partial charge on any atom is -0.367 e. The van der Waals surface area contributed by atoms with Crippen LogP contribution < -0.4 is 10.6 Å². The van der Waals surface area contributed by atoms with E-state index in [4.69, 9.17) is 5.73 Å². The Hall–Kier alpha value is -0.670. The fourth-order valence-electron chi connectivity index (χ4n) is 1.93. The number of hydrogen-bond donors (Lipinski definition) is 1. The molecule has 2 nitrogen and oxygen atoms in total. The van der Waals surface area contributed by atoms with E-state index in [1.54, 1.807) is 0 Å². The first-order valence-corrected chi connectivity index (χ1v) is 6.60. The molecule has 0 amide bonds. The molecule has 15 heavy (non-hydrogen) atoms. The van der Waals surface area contributed by atoms with Crippen molar-refractivity contribution < 1.29 is 0 Å². The maximum Gasteiger partial charge on any atom is 0.0369 e. The second-order valence-electron chi connectivity index (χ2n) is 3.99. The van der Waals surface area contributed by atoms with Gasteiger partial charge in [0.05, 0.1) is 0 Å². The SMILES string of the molecule is CC1CSCCN1c1ccc(CN)cc1. The molecule has 3 heteroatoms. The minimum atomic E-state index is 0.631. The topological polar surface area (TPSA) is 29.3 Å². The molecule has 1 saturated heterocycles. The van der Waals surface area contributed by atoms with Gasteiger partial charge in [-0.3, -0.25) is 0 Å². The summed E-state index contributed by atoms with van der Waals surface area (Å²) in [5.41, 5.74) is 8.13. The maximum atomic E-state index is 5.59. The molecule has 1 aliphatic rings. The highest BCUT2D eigenvalue weighted by atomic mass is 32.2. The summed E-state index contributed by atoms with van der Waals surface area (Å²) in [6, 6.07) is 9.28. The first-order chi connectivity index (χ1) is 7.31. The molecule has 0 bridgehead atoms. The van der Waals surface area contributed by atoms with Gasteiger partial charge in [-0.2, -0.15) is 11.8 Å². The van der Waals surface area contributed by atoms with Gasteiger partial charge < -0.3 is 10.6 Å². The Morgan fingerprint density at radius 1 is 1.40 bits per heavy atom. The average molecular weight is 222 g/mol. The highest BCUT2D eigenvalue weighted by Crippen LogP contribution is 2.23. The third-order valence-electron chi connectivity index (χ3n) is 2.87. The summed E-state index contributed by atoms with van der Waals surface area (Å²) in [5, 5.41) is 0. The molecule has 82 valence electrons. The van der Waals surface area contributed by atoms with Gasteiger partial charge in [0, 0.05) is 36.3 Å². The lowest BCUT2D eigenvalue weighted by Gasteiger charge is -2.35. The van der Waals surface area contributed by atoms with Crippen LogP contribution in [-0.4, -0.2) is 24.1 Å². The number of anilines is 1. The summed E-state index contributed by atoms with van der Waals surface area (Å²) < 4.78 is 0. The number of hydrogen-bond acceptors (Lipinski definition) is 3. The van der Waals surface area contributed by atoms with E-state index in [1.165, 1.54) is 22.8 Å². The Kier molecular flexibility index (Phi) is 3.54. The highest BCUT2D eigenvalue weighted by Gasteiger charge is 2.18. The number of nitrogens with two attached hydrogens (primary N) is 1. The van der Waals surface area contributed by atoms with Gasteiger partial charge in [-0.15, -0.1) is 0 Å². The van der Waals surface area contributed by atoms with E-state index in [2.05, 4.69) is 36.1 Å². The largest absolute Gasteiger partial charge is 0.367 e. The number of benzene rings is 1. The summed E-state index contributed by atoms with van der Waals surface area (Å²) in [7, 11) is 0. The molecule has 0 aromatic heterocycles. The Bertz CT molecular complexity index is 310. The lowest BCUT2D eigenvalue weighted by Crippen LogP contribution is -2.40. The third-order valence-corrected chi connectivity index (χ3v) is 4.06. The molecule has 1 unspecified atom stereocenters. The van der Waals surface area contributed by atoms with Gasteiger partial charge in [-0.25, -0.2) is 0 Å². The first-order valence-electron chi connectivity index (χ1n) is 5.44. The van der Waals surface area contributed by atoms with Crippen molar-refractivity contribution in [1.82, 2.24) is 0 Å². The second kappa shape index (κ2) is 4.90. The number of thioether (sulfide) groups is 1. The Morgan fingerprint density at radius 2 is 2.13 bits per heavy atom. The molecule has 1 aromatic carbocycles. The summed E-state index contributed by atoms with van der Waals surface area (Å²) in [6.45, 7) is 4.09. The van der Waals surface area contributed by atoms with E-state index >= 15 is 0 Å². The van der Waals surface area contributed by atoms with Crippen LogP contribution in [0.5, 0.6) is 0 Å². The predicted octanol–water partition coefficient (Wildman–Crippen LogP) is 2.09. The first kappa shape index (κ1) is 10.8. The van der Waals surface area contributed by atoms with E-state index in [-0.39, 0.29) is 0 Å². The van der Waals surface area contributed by atoms with Gasteiger partial charge in [0.25, 0.3) is 0 Å². The monoisotopic (exact) mass is 222 g/mol. The fraction of sp³-hybridized carbons (Fsp3) is 0.500. The van der Waals surface area contributed by atoms with Gasteiger partial charge in [0.2, 0.25) is 0 Å². The molecule has 0 saturated carbocycles. The van der Waals surface area contributed by atoms with Crippen molar-refractivity contribution in [2.24, 2.45) is 5.73 Å². The van der Waals surface area contributed by atoms with Crippen molar-refractivity contribution >= 4 is 17.4 Å². The molecule has 0 aliphatic carbocycles. The van der Waals surface area contributed by atoms with E-state index in [9.17, 15) is 0 Å². The molecule has 1 atom stereocenters. The molecule has 1 aromatic rings. The number of rotatable bonds is 2. The van der Waals surface area contributed by atoms with Crippen LogP contribution in [0.1, 0.15) is 12.5 Å². The molecule has 0 spiro atoms. The lowest BCUT2D eigenvalue weighted by atomic mass is 10.1. The summed E-state index contributed by atoms with van der Waals surface area (Å²) in [4.78, 5) is 2.48. The van der Waals surface area contributed by atoms with Crippen molar-refractivity contribution in [2.75, 3.05) is 23.0 Å². The van der Waals surface area contributed by atoms with Gasteiger partial charge in [-0.1, -0.05) is 12.1 Å². The fourth-order valence-corrected chi connectivity index (χ4v) is 2.95. The Labute approximate surface area is 95.8 Å². The maximum absolute atomic E-state index is 5.59. The van der Waals surface area contributed by atoms with E-state index in [0.29, 0.717) is 12.6 Å². The smallest absolute Gasteiger partial charge is 0.0369 e. The second-order valence-corrected chi connectivity index (χ2v) is 5.14. The van der Waals surface area contributed by atoms with Crippen LogP contribution in [0.3, 0.4) is 0 Å². The quantitative estimate of drug-likeness (QED) is 0.831. The highest BCUT2D eigenvalue weighted by molar-refractivity contribution is 7.99. The molecule has 1 aliphatic heterocycles. The van der Waals surface area contributed by atoms with Crippen LogP contribution in [0.25, 0.3) is 0 Å². The summed E-state index contributed by atoms with van der Waals surface area (Å²) in [5.74, 6) is 2.47. The van der Waals surface area contributed by atoms with Crippen molar-refractivity contribution in [3.63, 3.8) is 0 Å². The Morgan fingerprint density at radius 3 is 2.73 bits per heavy atom. The molecule has 2 N–H and O–H groups in total. The molecular formula is C12H18N2S. The van der Waals surface area contributed by atoms with Crippen LogP contribution in [0.15, 0.2) is 24.3 Å². The van der Waals surface area contributed by atoms with Gasteiger partial charge in [0.15, 0.2) is 0 Å². The van der Waals surface area contributed by atoms with Crippen LogP contribution in [0.2, 0.25) is 0 Å². The van der Waals surface area contributed by atoms with Crippen molar-refractivity contribution in [3.8, 4) is 0 Å². The van der Waals surface area contributed by atoms with Gasteiger partial charge >= 0.3 is 0 Å². The van der Waals surface area contributed by atoms with E-state index in [0.717, 1.165) is 6.54 Å². The molecule has 2 rings (SSSR count). The molecule has 1 fully saturated rings. The average Bonchev–Trinajstić information content (AvgIpc) is 2.30. The molecule has 1 heterocycles. The zero-order valence-corrected chi connectivity index (χ0v) is 9.96. The van der Waals surface area contributed by atoms with Crippen molar-refractivity contribution in [2.45, 2.75) is 19.5 Å². The third kappa shape index (κ3) is 2.47. The zero-order valence-electron chi connectivity index (χ0n) is 9.15. The standard InChI is InChI=1S/C12H18N2S/c1-10-9-15-7-6-14(10)12-4-2-11(8-13)3-5-12/h2-5,10H,6-9,13H2,1H3. The van der Waals surface area contributed by atoms with Crippen molar-refractivity contribution in [1.29, 1.82) is 0 Å². The van der Waals surface area contributed by atoms with Gasteiger partial charge in [-0.05, 0) is 24.6 Å². The van der Waals surface area contributed by atoms with Crippen LogP contribution in [-0.2, 0) is 6.54 Å². The zero-order chi connectivity index (χ0) is 10.7. The normalized spacial score (nSPS) is 21.7. The van der Waals surface area contributed by atoms with Crippen LogP contribution >= 0.6 is 11.8 Å². The summed E-state index contributed by atoms with van der Waals surface area (Å²) in [6.07, 6.45) is 0. The van der Waals surface area contributed by atoms with Crippen molar-refractivity contribution in [3.05, 3.63) is 29.8 Å². The molecular weight excluding hydrogens is 204 g/mol. The van der Waals surface area contributed by atoms with Crippen LogP contribution in [0.4, 0.5) is 5.69 Å².